The maximum atomic E-state index is 12.1. The monoisotopic (exact) mass is 319 g/mol. The van der Waals surface area contributed by atoms with Gasteiger partial charge in [0, 0.05) is 6.54 Å². The Labute approximate surface area is 137 Å². The van der Waals surface area contributed by atoms with Crippen LogP contribution in [0.3, 0.4) is 0 Å². The van der Waals surface area contributed by atoms with Crippen LogP contribution in [0.15, 0.2) is 24.3 Å². The molecule has 1 aromatic carbocycles. The van der Waals surface area contributed by atoms with Gasteiger partial charge < -0.3 is 15.2 Å². The summed E-state index contributed by atoms with van der Waals surface area (Å²) in [7, 11) is 0. The van der Waals surface area contributed by atoms with Crippen molar-refractivity contribution in [2.45, 2.75) is 51.6 Å². The fourth-order valence-electron chi connectivity index (χ4n) is 2.81. The molecule has 0 bridgehead atoms. The number of aliphatic carboxylic acids is 1. The topological polar surface area (TPSA) is 75.6 Å². The van der Waals surface area contributed by atoms with Crippen LogP contribution in [-0.4, -0.2) is 29.3 Å². The van der Waals surface area contributed by atoms with Gasteiger partial charge in [-0.2, -0.15) is 0 Å². The molecular formula is C18H25NO4. The van der Waals surface area contributed by atoms with Gasteiger partial charge in [-0.05, 0) is 52.0 Å². The van der Waals surface area contributed by atoms with Crippen molar-refractivity contribution in [3.63, 3.8) is 0 Å². The number of carbonyl (C=O) groups excluding carboxylic acids is 1. The molecule has 0 heterocycles. The van der Waals surface area contributed by atoms with E-state index in [0.29, 0.717) is 0 Å². The summed E-state index contributed by atoms with van der Waals surface area (Å²) in [5.41, 5.74) is 0.0994. The lowest BCUT2D eigenvalue weighted by Gasteiger charge is -2.31. The molecule has 2 N–H and O–H groups in total. The van der Waals surface area contributed by atoms with Gasteiger partial charge in [-0.3, -0.25) is 4.79 Å². The van der Waals surface area contributed by atoms with E-state index in [9.17, 15) is 14.7 Å². The van der Waals surface area contributed by atoms with Crippen molar-refractivity contribution in [2.75, 3.05) is 6.54 Å². The van der Waals surface area contributed by atoms with E-state index in [1.54, 1.807) is 20.8 Å². The second-order valence-corrected chi connectivity index (χ2v) is 7.27. The van der Waals surface area contributed by atoms with Crippen LogP contribution in [0.25, 0.3) is 0 Å². The highest BCUT2D eigenvalue weighted by Gasteiger charge is 2.52. The zero-order valence-electron chi connectivity index (χ0n) is 14.2. The first-order chi connectivity index (χ1) is 10.6. The van der Waals surface area contributed by atoms with Gasteiger partial charge in [-0.1, -0.05) is 29.8 Å². The number of carbonyl (C=O) groups is 2. The Balaban J connectivity index is 2.23. The number of hydrogen-bond acceptors (Lipinski definition) is 3. The predicted octanol–water partition coefficient (Wildman–Crippen LogP) is 3.25. The quantitative estimate of drug-likeness (QED) is 0.873. The summed E-state index contributed by atoms with van der Waals surface area (Å²) >= 11 is 0. The second-order valence-electron chi connectivity index (χ2n) is 7.27. The van der Waals surface area contributed by atoms with E-state index in [0.717, 1.165) is 24.0 Å². The molecule has 126 valence electrons. The zero-order valence-corrected chi connectivity index (χ0v) is 14.2. The lowest BCUT2D eigenvalue weighted by molar-refractivity contribution is -0.144. The molecule has 2 rings (SSSR count). The third-order valence-corrected chi connectivity index (χ3v) is 4.13. The van der Waals surface area contributed by atoms with Gasteiger partial charge in [0.25, 0.3) is 0 Å². The average Bonchev–Trinajstić information content (AvgIpc) is 3.24. The highest BCUT2D eigenvalue weighted by atomic mass is 16.6. The molecule has 1 aliphatic rings. The van der Waals surface area contributed by atoms with Crippen LogP contribution >= 0.6 is 0 Å². The predicted molar refractivity (Wildman–Crippen MR) is 87.5 cm³/mol. The molecule has 1 aliphatic carbocycles. The molecule has 1 saturated carbocycles. The number of hydrogen-bond donors (Lipinski definition) is 2. The summed E-state index contributed by atoms with van der Waals surface area (Å²) in [6.45, 7) is 7.32. The van der Waals surface area contributed by atoms with Gasteiger partial charge >= 0.3 is 12.1 Å². The SMILES string of the molecule is Cc1ccc(C(CNC(=O)OC(C)(C)C)(C(=O)O)C2CC2)cc1. The van der Waals surface area contributed by atoms with Crippen LogP contribution in [0, 0.1) is 12.8 Å². The third kappa shape index (κ3) is 4.03. The number of amides is 1. The highest BCUT2D eigenvalue weighted by molar-refractivity contribution is 5.84. The molecule has 1 unspecified atom stereocenters. The normalized spacial score (nSPS) is 17.2. The Hall–Kier alpha value is -2.04. The van der Waals surface area contributed by atoms with Crippen molar-refractivity contribution >= 4 is 12.1 Å². The fraction of sp³-hybridized carbons (Fsp3) is 0.556. The number of alkyl carbamates (subject to hydrolysis) is 1. The molecule has 0 spiro atoms. The maximum Gasteiger partial charge on any atom is 0.407 e. The second kappa shape index (κ2) is 6.22. The minimum Gasteiger partial charge on any atom is -0.481 e. The first-order valence-electron chi connectivity index (χ1n) is 7.92. The molecule has 5 nitrogen and oxygen atoms in total. The smallest absolute Gasteiger partial charge is 0.407 e. The lowest BCUT2D eigenvalue weighted by Crippen LogP contribution is -2.49. The summed E-state index contributed by atoms with van der Waals surface area (Å²) < 4.78 is 5.23. The summed E-state index contributed by atoms with van der Waals surface area (Å²) in [5.74, 6) is -0.863. The molecule has 0 radical (unpaired) electrons. The van der Waals surface area contributed by atoms with Gasteiger partial charge in [0.05, 0.1) is 0 Å². The van der Waals surface area contributed by atoms with Crippen molar-refractivity contribution in [1.82, 2.24) is 5.32 Å². The van der Waals surface area contributed by atoms with E-state index in [4.69, 9.17) is 4.74 Å². The van der Waals surface area contributed by atoms with Crippen LogP contribution in [0.4, 0.5) is 4.79 Å². The molecule has 1 atom stereocenters. The Morgan fingerprint density at radius 3 is 2.22 bits per heavy atom. The van der Waals surface area contributed by atoms with Crippen LogP contribution in [0.2, 0.25) is 0 Å². The Morgan fingerprint density at radius 1 is 1.22 bits per heavy atom. The van der Waals surface area contributed by atoms with Crippen molar-refractivity contribution < 1.29 is 19.4 Å². The van der Waals surface area contributed by atoms with Gasteiger partial charge in [-0.15, -0.1) is 0 Å². The molecule has 1 fully saturated rings. The first-order valence-corrected chi connectivity index (χ1v) is 7.92. The van der Waals surface area contributed by atoms with Crippen LogP contribution in [-0.2, 0) is 14.9 Å². The van der Waals surface area contributed by atoms with Crippen molar-refractivity contribution in [2.24, 2.45) is 5.92 Å². The van der Waals surface area contributed by atoms with Crippen molar-refractivity contribution in [3.05, 3.63) is 35.4 Å². The summed E-state index contributed by atoms with van der Waals surface area (Å²) in [5, 5.41) is 12.6. The van der Waals surface area contributed by atoms with Gasteiger partial charge in [0.1, 0.15) is 11.0 Å². The summed E-state index contributed by atoms with van der Waals surface area (Å²) in [6.07, 6.45) is 1.13. The molecule has 23 heavy (non-hydrogen) atoms. The van der Waals surface area contributed by atoms with E-state index in [2.05, 4.69) is 5.32 Å². The molecule has 0 saturated heterocycles. The minimum absolute atomic E-state index is 0.0327. The van der Waals surface area contributed by atoms with E-state index in [-0.39, 0.29) is 12.5 Å². The van der Waals surface area contributed by atoms with E-state index in [1.165, 1.54) is 0 Å². The van der Waals surface area contributed by atoms with E-state index in [1.807, 2.05) is 31.2 Å². The van der Waals surface area contributed by atoms with Crippen LogP contribution in [0.1, 0.15) is 44.7 Å². The third-order valence-electron chi connectivity index (χ3n) is 4.13. The number of aryl methyl sites for hydroxylation is 1. The van der Waals surface area contributed by atoms with E-state index >= 15 is 0 Å². The van der Waals surface area contributed by atoms with Crippen LogP contribution < -0.4 is 5.32 Å². The summed E-state index contributed by atoms with van der Waals surface area (Å²) in [6, 6.07) is 7.50. The maximum absolute atomic E-state index is 12.1. The number of carboxylic acid groups (broad SMARTS) is 1. The van der Waals surface area contributed by atoms with Crippen molar-refractivity contribution in [3.8, 4) is 0 Å². The molecule has 0 aliphatic heterocycles. The largest absolute Gasteiger partial charge is 0.481 e. The Kier molecular flexibility index (Phi) is 4.68. The van der Waals surface area contributed by atoms with Crippen molar-refractivity contribution in [1.29, 1.82) is 0 Å². The van der Waals surface area contributed by atoms with Gasteiger partial charge in [0.15, 0.2) is 0 Å². The number of benzene rings is 1. The van der Waals surface area contributed by atoms with Gasteiger partial charge in [-0.25, -0.2) is 4.79 Å². The zero-order chi connectivity index (χ0) is 17.3. The molecule has 1 aromatic rings. The number of carboxylic acids is 1. The van der Waals surface area contributed by atoms with Gasteiger partial charge in [0.2, 0.25) is 0 Å². The molecular weight excluding hydrogens is 294 g/mol. The average molecular weight is 319 g/mol. The summed E-state index contributed by atoms with van der Waals surface area (Å²) in [4.78, 5) is 24.0. The fourth-order valence-corrected chi connectivity index (χ4v) is 2.81. The first kappa shape index (κ1) is 17.3. The molecule has 5 heteroatoms. The Bertz CT molecular complexity index is 584. The number of rotatable bonds is 5. The standard InChI is InChI=1S/C18H25NO4/c1-12-5-7-13(8-6-12)18(15(20)21,14-9-10-14)11-19-16(22)23-17(2,3)4/h5-8,14H,9-11H2,1-4H3,(H,19,22)(H,20,21). The van der Waals surface area contributed by atoms with Crippen LogP contribution in [0.5, 0.6) is 0 Å². The van der Waals surface area contributed by atoms with E-state index < -0.39 is 23.1 Å². The minimum atomic E-state index is -1.09. The molecule has 0 aromatic heterocycles. The highest BCUT2D eigenvalue weighted by Crippen LogP contribution is 2.47. The Morgan fingerprint density at radius 2 is 1.78 bits per heavy atom. The number of ether oxygens (including phenoxy) is 1. The molecule has 1 amide bonds. The number of nitrogens with one attached hydrogen (secondary N) is 1. The lowest BCUT2D eigenvalue weighted by atomic mass is 9.75.